The van der Waals surface area contributed by atoms with E-state index in [1.54, 1.807) is 7.05 Å². The standard InChI is InChI=1S/C22H28ClN3O2/c1-15-9-8-10-16(2)22(15)24-20(27)13-26(5)21(28)14-25(4)17(3)18-11-6-7-12-19(18)23/h6-12,17H,13-14H2,1-5H3,(H,24,27). The average molecular weight is 402 g/mol. The van der Waals surface area contributed by atoms with E-state index in [2.05, 4.69) is 5.32 Å². The Kier molecular flexibility index (Phi) is 7.61. The SMILES string of the molecule is Cc1cccc(C)c1NC(=O)CN(C)C(=O)CN(C)C(C)c1ccccc1Cl. The maximum Gasteiger partial charge on any atom is 0.243 e. The van der Waals surface area contributed by atoms with Crippen LogP contribution in [0.25, 0.3) is 0 Å². The monoisotopic (exact) mass is 401 g/mol. The first-order chi connectivity index (χ1) is 13.2. The number of carbonyl (C=O) groups is 2. The van der Waals surface area contributed by atoms with Gasteiger partial charge in [0.15, 0.2) is 0 Å². The molecule has 0 heterocycles. The molecular weight excluding hydrogens is 374 g/mol. The fourth-order valence-electron chi connectivity index (χ4n) is 3.02. The molecule has 0 bridgehead atoms. The molecule has 2 aromatic carbocycles. The van der Waals surface area contributed by atoms with Crippen LogP contribution in [0.2, 0.25) is 5.02 Å². The van der Waals surface area contributed by atoms with E-state index in [0.717, 1.165) is 22.4 Å². The fraction of sp³-hybridized carbons (Fsp3) is 0.364. The Morgan fingerprint density at radius 1 is 1.00 bits per heavy atom. The third-order valence-electron chi connectivity index (χ3n) is 4.95. The van der Waals surface area contributed by atoms with Crippen LogP contribution in [0.3, 0.4) is 0 Å². The third kappa shape index (κ3) is 5.57. The molecule has 0 fully saturated rings. The first kappa shape index (κ1) is 21.9. The van der Waals surface area contributed by atoms with Crippen LogP contribution in [0, 0.1) is 13.8 Å². The lowest BCUT2D eigenvalue weighted by Gasteiger charge is -2.27. The van der Waals surface area contributed by atoms with Gasteiger partial charge in [-0.25, -0.2) is 0 Å². The maximum atomic E-state index is 12.6. The summed E-state index contributed by atoms with van der Waals surface area (Å²) < 4.78 is 0. The normalized spacial score (nSPS) is 12.0. The Labute approximate surface area is 172 Å². The van der Waals surface area contributed by atoms with Crippen molar-refractivity contribution in [3.8, 4) is 0 Å². The number of amides is 2. The van der Waals surface area contributed by atoms with E-state index in [4.69, 9.17) is 11.6 Å². The quantitative estimate of drug-likeness (QED) is 0.761. The number of carbonyl (C=O) groups excluding carboxylic acids is 2. The van der Waals surface area contributed by atoms with Crippen molar-refractivity contribution in [2.75, 3.05) is 32.5 Å². The zero-order chi connectivity index (χ0) is 20.8. The molecule has 2 rings (SSSR count). The van der Waals surface area contributed by atoms with E-state index < -0.39 is 0 Å². The third-order valence-corrected chi connectivity index (χ3v) is 5.30. The minimum atomic E-state index is -0.213. The van der Waals surface area contributed by atoms with Crippen molar-refractivity contribution in [3.63, 3.8) is 0 Å². The molecule has 0 saturated carbocycles. The van der Waals surface area contributed by atoms with Crippen molar-refractivity contribution in [2.24, 2.45) is 0 Å². The van der Waals surface area contributed by atoms with E-state index in [1.165, 1.54) is 4.90 Å². The van der Waals surface area contributed by atoms with Gasteiger partial charge in [-0.15, -0.1) is 0 Å². The molecule has 0 spiro atoms. The second-order valence-corrected chi connectivity index (χ2v) is 7.58. The number of likely N-dealkylation sites (N-methyl/N-ethyl adjacent to an activating group) is 2. The predicted octanol–water partition coefficient (Wildman–Crippen LogP) is 4.05. The van der Waals surface area contributed by atoms with Gasteiger partial charge in [-0.3, -0.25) is 14.5 Å². The highest BCUT2D eigenvalue weighted by molar-refractivity contribution is 6.31. The van der Waals surface area contributed by atoms with Gasteiger partial charge in [-0.05, 0) is 50.6 Å². The van der Waals surface area contributed by atoms with Crippen LogP contribution in [-0.2, 0) is 9.59 Å². The van der Waals surface area contributed by atoms with Crippen molar-refractivity contribution >= 4 is 29.1 Å². The molecule has 2 aromatic rings. The minimum Gasteiger partial charge on any atom is -0.335 e. The molecule has 0 aliphatic rings. The summed E-state index contributed by atoms with van der Waals surface area (Å²) in [5.41, 5.74) is 3.76. The number of aryl methyl sites for hydroxylation is 2. The molecule has 6 heteroatoms. The number of hydrogen-bond donors (Lipinski definition) is 1. The Hall–Kier alpha value is -2.37. The number of nitrogens with zero attached hydrogens (tertiary/aromatic N) is 2. The van der Waals surface area contributed by atoms with Crippen molar-refractivity contribution in [3.05, 3.63) is 64.2 Å². The van der Waals surface area contributed by atoms with E-state index >= 15 is 0 Å². The lowest BCUT2D eigenvalue weighted by molar-refractivity contribution is -0.134. The summed E-state index contributed by atoms with van der Waals surface area (Å²) in [6.45, 7) is 6.09. The summed E-state index contributed by atoms with van der Waals surface area (Å²) in [7, 11) is 3.51. The zero-order valence-electron chi connectivity index (χ0n) is 17.1. The molecule has 28 heavy (non-hydrogen) atoms. The molecule has 0 radical (unpaired) electrons. The molecule has 150 valence electrons. The summed E-state index contributed by atoms with van der Waals surface area (Å²) >= 11 is 6.26. The molecule has 5 nitrogen and oxygen atoms in total. The van der Waals surface area contributed by atoms with Crippen LogP contribution >= 0.6 is 11.6 Å². The molecular formula is C22H28ClN3O2. The molecule has 0 aromatic heterocycles. The summed E-state index contributed by atoms with van der Waals surface area (Å²) in [5.74, 6) is -0.340. The van der Waals surface area contributed by atoms with Gasteiger partial charge < -0.3 is 10.2 Å². The molecule has 0 aliphatic heterocycles. The van der Waals surface area contributed by atoms with Gasteiger partial charge in [0.05, 0.1) is 13.1 Å². The predicted molar refractivity (Wildman–Crippen MR) is 115 cm³/mol. The highest BCUT2D eigenvalue weighted by atomic mass is 35.5. The second kappa shape index (κ2) is 9.71. The van der Waals surface area contributed by atoms with E-state index in [1.807, 2.05) is 75.2 Å². The molecule has 1 unspecified atom stereocenters. The molecule has 1 N–H and O–H groups in total. The topological polar surface area (TPSA) is 52.7 Å². The van der Waals surface area contributed by atoms with E-state index in [0.29, 0.717) is 5.02 Å². The first-order valence-corrected chi connectivity index (χ1v) is 9.63. The second-order valence-electron chi connectivity index (χ2n) is 7.18. The van der Waals surface area contributed by atoms with Crippen LogP contribution in [0.5, 0.6) is 0 Å². The van der Waals surface area contributed by atoms with Gasteiger partial charge in [-0.1, -0.05) is 48.0 Å². The van der Waals surface area contributed by atoms with Crippen LogP contribution in [0.1, 0.15) is 29.7 Å². The number of hydrogen-bond acceptors (Lipinski definition) is 3. The number of anilines is 1. The number of benzene rings is 2. The molecule has 0 aliphatic carbocycles. The molecule has 1 atom stereocenters. The summed E-state index contributed by atoms with van der Waals surface area (Å²) in [5, 5.41) is 3.59. The molecule has 2 amide bonds. The number of rotatable bonds is 7. The highest BCUT2D eigenvalue weighted by Crippen LogP contribution is 2.26. The highest BCUT2D eigenvalue weighted by Gasteiger charge is 2.20. The lowest BCUT2D eigenvalue weighted by atomic mass is 10.1. The Balaban J connectivity index is 1.93. The van der Waals surface area contributed by atoms with Crippen molar-refractivity contribution in [1.82, 2.24) is 9.80 Å². The average Bonchev–Trinajstić information content (AvgIpc) is 2.64. The van der Waals surface area contributed by atoms with Gasteiger partial charge in [-0.2, -0.15) is 0 Å². The number of para-hydroxylation sites is 1. The lowest BCUT2D eigenvalue weighted by Crippen LogP contribution is -2.41. The van der Waals surface area contributed by atoms with Gasteiger partial charge >= 0.3 is 0 Å². The van der Waals surface area contributed by atoms with Crippen LogP contribution in [0.4, 0.5) is 5.69 Å². The Morgan fingerprint density at radius 3 is 2.21 bits per heavy atom. The summed E-state index contributed by atoms with van der Waals surface area (Å²) in [6, 6.07) is 13.4. The van der Waals surface area contributed by atoms with Crippen molar-refractivity contribution in [1.29, 1.82) is 0 Å². The van der Waals surface area contributed by atoms with Gasteiger partial charge in [0.25, 0.3) is 0 Å². The minimum absolute atomic E-state index is 0.000914. The largest absolute Gasteiger partial charge is 0.335 e. The van der Waals surface area contributed by atoms with Gasteiger partial charge in [0, 0.05) is 23.8 Å². The smallest absolute Gasteiger partial charge is 0.243 e. The fourth-order valence-corrected chi connectivity index (χ4v) is 3.31. The maximum absolute atomic E-state index is 12.6. The van der Waals surface area contributed by atoms with Gasteiger partial charge in [0.2, 0.25) is 11.8 Å². The van der Waals surface area contributed by atoms with Crippen LogP contribution in [0.15, 0.2) is 42.5 Å². The summed E-state index contributed by atoms with van der Waals surface area (Å²) in [6.07, 6.45) is 0. The van der Waals surface area contributed by atoms with Crippen molar-refractivity contribution < 1.29 is 9.59 Å². The van der Waals surface area contributed by atoms with E-state index in [-0.39, 0.29) is 30.9 Å². The van der Waals surface area contributed by atoms with E-state index in [9.17, 15) is 9.59 Å². The number of nitrogens with one attached hydrogen (secondary N) is 1. The van der Waals surface area contributed by atoms with Crippen molar-refractivity contribution in [2.45, 2.75) is 26.8 Å². The summed E-state index contributed by atoms with van der Waals surface area (Å²) in [4.78, 5) is 28.3. The Bertz CT molecular complexity index is 833. The number of halogens is 1. The van der Waals surface area contributed by atoms with Gasteiger partial charge in [0.1, 0.15) is 0 Å². The molecule has 0 saturated heterocycles. The zero-order valence-corrected chi connectivity index (χ0v) is 17.9. The Morgan fingerprint density at radius 2 is 1.61 bits per heavy atom. The first-order valence-electron chi connectivity index (χ1n) is 9.25. The van der Waals surface area contributed by atoms with Crippen LogP contribution in [-0.4, -0.2) is 48.8 Å². The van der Waals surface area contributed by atoms with Crippen LogP contribution < -0.4 is 5.32 Å².